The number of carbonyl (C=O) groups excluding carboxylic acids is 1. The summed E-state index contributed by atoms with van der Waals surface area (Å²) in [5, 5.41) is 0. The second-order valence-electron chi connectivity index (χ2n) is 4.89. The third-order valence-electron chi connectivity index (χ3n) is 4.23. The second-order valence-corrected chi connectivity index (χ2v) is 6.53. The SMILES string of the molecule is CC1(C)C2CCC1(S(=O)(=O)O)C(=O)C2. The largest absolute Gasteiger partial charge is 0.298 e. The lowest BCUT2D eigenvalue weighted by Crippen LogP contribution is -2.50. The Kier molecular flexibility index (Phi) is 1.72. The Bertz CT molecular complexity index is 395. The van der Waals surface area contributed by atoms with E-state index >= 15 is 0 Å². The van der Waals surface area contributed by atoms with Gasteiger partial charge in [0.15, 0.2) is 10.5 Å². The van der Waals surface area contributed by atoms with Gasteiger partial charge in [-0.25, -0.2) is 0 Å². The first-order valence-electron chi connectivity index (χ1n) is 4.74. The molecule has 0 amide bonds. The lowest BCUT2D eigenvalue weighted by molar-refractivity contribution is -0.121. The van der Waals surface area contributed by atoms with Gasteiger partial charge in [0.2, 0.25) is 0 Å². The van der Waals surface area contributed by atoms with Crippen molar-refractivity contribution in [1.29, 1.82) is 0 Å². The first-order valence-corrected chi connectivity index (χ1v) is 6.18. The molecular weight excluding hydrogens is 204 g/mol. The van der Waals surface area contributed by atoms with Crippen LogP contribution >= 0.6 is 0 Å². The molecule has 0 aromatic heterocycles. The molecule has 2 bridgehead atoms. The number of fused-ring (bicyclic) bond motifs is 2. The fourth-order valence-corrected chi connectivity index (χ4v) is 4.82. The van der Waals surface area contributed by atoms with E-state index in [1.807, 2.05) is 0 Å². The summed E-state index contributed by atoms with van der Waals surface area (Å²) in [6.07, 6.45) is 1.30. The molecule has 2 unspecified atom stereocenters. The van der Waals surface area contributed by atoms with Gasteiger partial charge in [-0.15, -0.1) is 0 Å². The van der Waals surface area contributed by atoms with Gasteiger partial charge < -0.3 is 0 Å². The molecule has 2 rings (SSSR count). The van der Waals surface area contributed by atoms with Crippen molar-refractivity contribution in [2.24, 2.45) is 11.3 Å². The number of rotatable bonds is 1. The van der Waals surface area contributed by atoms with Gasteiger partial charge in [0.25, 0.3) is 10.1 Å². The molecular formula is C9H14O4S. The van der Waals surface area contributed by atoms with E-state index in [-0.39, 0.29) is 18.1 Å². The Morgan fingerprint density at radius 1 is 1.43 bits per heavy atom. The Morgan fingerprint density at radius 3 is 2.21 bits per heavy atom. The lowest BCUT2D eigenvalue weighted by Gasteiger charge is -2.32. The van der Waals surface area contributed by atoms with E-state index in [1.54, 1.807) is 13.8 Å². The van der Waals surface area contributed by atoms with Crippen LogP contribution in [0.2, 0.25) is 0 Å². The Hall–Kier alpha value is -0.420. The normalized spacial score (nSPS) is 40.5. The Labute approximate surface area is 83.4 Å². The lowest BCUT2D eigenvalue weighted by atomic mass is 9.81. The molecule has 0 aromatic carbocycles. The molecule has 0 saturated heterocycles. The van der Waals surface area contributed by atoms with Crippen LogP contribution in [-0.4, -0.2) is 23.5 Å². The van der Waals surface area contributed by atoms with Crippen LogP contribution in [0.15, 0.2) is 0 Å². The number of hydrogen-bond donors (Lipinski definition) is 1. The zero-order valence-corrected chi connectivity index (χ0v) is 9.10. The molecule has 2 aliphatic carbocycles. The molecule has 80 valence electrons. The van der Waals surface area contributed by atoms with Gasteiger partial charge in [0.05, 0.1) is 0 Å². The average molecular weight is 218 g/mol. The maximum atomic E-state index is 11.7. The highest BCUT2D eigenvalue weighted by molar-refractivity contribution is 7.88. The zero-order valence-electron chi connectivity index (χ0n) is 8.28. The van der Waals surface area contributed by atoms with E-state index < -0.39 is 20.3 Å². The van der Waals surface area contributed by atoms with Gasteiger partial charge >= 0.3 is 0 Å². The molecule has 2 aliphatic rings. The summed E-state index contributed by atoms with van der Waals surface area (Å²) < 4.78 is 30.5. The van der Waals surface area contributed by atoms with Gasteiger partial charge in [0, 0.05) is 6.42 Å². The number of hydrogen-bond acceptors (Lipinski definition) is 3. The van der Waals surface area contributed by atoms with Crippen LogP contribution in [0.3, 0.4) is 0 Å². The van der Waals surface area contributed by atoms with E-state index in [1.165, 1.54) is 0 Å². The van der Waals surface area contributed by atoms with Crippen molar-refractivity contribution >= 4 is 15.9 Å². The summed E-state index contributed by atoms with van der Waals surface area (Å²) >= 11 is 0. The molecule has 0 aliphatic heterocycles. The monoisotopic (exact) mass is 218 g/mol. The Balaban J connectivity index is 2.68. The van der Waals surface area contributed by atoms with Crippen molar-refractivity contribution in [3.8, 4) is 0 Å². The molecule has 0 heterocycles. The van der Waals surface area contributed by atoms with Gasteiger partial charge in [-0.05, 0) is 24.2 Å². The molecule has 4 nitrogen and oxygen atoms in total. The van der Waals surface area contributed by atoms with Crippen molar-refractivity contribution in [2.45, 2.75) is 37.9 Å². The van der Waals surface area contributed by atoms with Crippen LogP contribution in [0.1, 0.15) is 33.1 Å². The fourth-order valence-electron chi connectivity index (χ4n) is 3.24. The first kappa shape index (κ1) is 10.1. The molecule has 5 heteroatoms. The molecule has 2 atom stereocenters. The van der Waals surface area contributed by atoms with Crippen LogP contribution in [0.5, 0.6) is 0 Å². The summed E-state index contributed by atoms with van der Waals surface area (Å²) in [6, 6.07) is 0. The van der Waals surface area contributed by atoms with Crippen LogP contribution in [0.4, 0.5) is 0 Å². The fraction of sp³-hybridized carbons (Fsp3) is 0.889. The average Bonchev–Trinajstić information content (AvgIpc) is 2.34. The molecule has 14 heavy (non-hydrogen) atoms. The molecule has 0 aromatic rings. The van der Waals surface area contributed by atoms with Gasteiger partial charge in [-0.3, -0.25) is 9.35 Å². The van der Waals surface area contributed by atoms with Crippen molar-refractivity contribution < 1.29 is 17.8 Å². The van der Waals surface area contributed by atoms with Gasteiger partial charge in [-0.1, -0.05) is 13.8 Å². The molecule has 2 fully saturated rings. The molecule has 0 spiro atoms. The topological polar surface area (TPSA) is 71.4 Å². The van der Waals surface area contributed by atoms with E-state index in [0.717, 1.165) is 6.42 Å². The maximum Gasteiger partial charge on any atom is 0.278 e. The van der Waals surface area contributed by atoms with Crippen molar-refractivity contribution in [1.82, 2.24) is 0 Å². The zero-order chi connectivity index (χ0) is 10.8. The number of ketones is 1. The summed E-state index contributed by atoms with van der Waals surface area (Å²) in [5.74, 6) is -0.196. The van der Waals surface area contributed by atoms with E-state index in [0.29, 0.717) is 6.42 Å². The van der Waals surface area contributed by atoms with E-state index in [9.17, 15) is 17.8 Å². The minimum absolute atomic E-state index is 0.108. The number of carbonyl (C=O) groups is 1. The summed E-state index contributed by atoms with van der Waals surface area (Å²) in [4.78, 5) is 11.7. The third kappa shape index (κ3) is 0.827. The van der Waals surface area contributed by atoms with Crippen molar-refractivity contribution in [2.75, 3.05) is 0 Å². The third-order valence-corrected chi connectivity index (χ3v) is 6.07. The molecule has 0 radical (unpaired) electrons. The minimum Gasteiger partial charge on any atom is -0.298 e. The summed E-state index contributed by atoms with van der Waals surface area (Å²) in [7, 11) is -4.28. The van der Waals surface area contributed by atoms with E-state index in [2.05, 4.69) is 0 Å². The van der Waals surface area contributed by atoms with Crippen LogP contribution < -0.4 is 0 Å². The first-order chi connectivity index (χ1) is 6.23. The predicted octanol–water partition coefficient (Wildman–Crippen LogP) is 1.02. The van der Waals surface area contributed by atoms with Crippen LogP contribution in [-0.2, 0) is 14.9 Å². The van der Waals surface area contributed by atoms with Gasteiger partial charge in [-0.2, -0.15) is 8.42 Å². The van der Waals surface area contributed by atoms with Gasteiger partial charge in [0.1, 0.15) is 0 Å². The highest BCUT2D eigenvalue weighted by atomic mass is 32.2. The highest BCUT2D eigenvalue weighted by Gasteiger charge is 2.70. The second kappa shape index (κ2) is 2.39. The van der Waals surface area contributed by atoms with Crippen LogP contribution in [0, 0.1) is 11.3 Å². The Morgan fingerprint density at radius 2 is 2.00 bits per heavy atom. The predicted molar refractivity (Wildman–Crippen MR) is 50.4 cm³/mol. The highest BCUT2D eigenvalue weighted by Crippen LogP contribution is 2.61. The molecule has 1 N–H and O–H groups in total. The smallest absolute Gasteiger partial charge is 0.278 e. The van der Waals surface area contributed by atoms with Crippen LogP contribution in [0.25, 0.3) is 0 Å². The standard InChI is InChI=1S/C9H14O4S/c1-8(2)6-3-4-9(8,7(10)5-6)14(11,12)13/h6H,3-5H2,1-2H3,(H,11,12,13). The maximum absolute atomic E-state index is 11.7. The molecule has 2 saturated carbocycles. The number of Topliss-reactive ketones (excluding diaryl/α,β-unsaturated/α-hetero) is 1. The minimum atomic E-state index is -4.28. The van der Waals surface area contributed by atoms with Crippen molar-refractivity contribution in [3.05, 3.63) is 0 Å². The summed E-state index contributed by atoms with van der Waals surface area (Å²) in [6.45, 7) is 3.53. The van der Waals surface area contributed by atoms with Crippen molar-refractivity contribution in [3.63, 3.8) is 0 Å². The van der Waals surface area contributed by atoms with E-state index in [4.69, 9.17) is 0 Å². The summed E-state index contributed by atoms with van der Waals surface area (Å²) in [5.41, 5.74) is -0.613. The quantitative estimate of drug-likeness (QED) is 0.667.